The van der Waals surface area contributed by atoms with Crippen molar-refractivity contribution in [2.45, 2.75) is 25.2 Å². The first-order valence-electron chi connectivity index (χ1n) is 4.31. The Morgan fingerprint density at radius 2 is 1.80 bits per heavy atom. The van der Waals surface area contributed by atoms with Crippen LogP contribution in [-0.4, -0.2) is 63.7 Å². The van der Waals surface area contributed by atoms with E-state index in [0.717, 1.165) is 0 Å². The summed E-state index contributed by atoms with van der Waals surface area (Å²) in [4.78, 5) is 21.8. The SMILES string of the molecule is CCOC(=O)C(=O)C(O)C(O)C(O)CO. The predicted molar refractivity (Wildman–Crippen MR) is 46.7 cm³/mol. The number of carbonyl (C=O) groups is 2. The molecular formula is C8H14O7. The van der Waals surface area contributed by atoms with Gasteiger partial charge in [0, 0.05) is 0 Å². The molecule has 7 nitrogen and oxygen atoms in total. The van der Waals surface area contributed by atoms with E-state index in [-0.39, 0.29) is 6.61 Å². The number of ketones is 1. The maximum atomic E-state index is 11.0. The van der Waals surface area contributed by atoms with E-state index in [4.69, 9.17) is 20.4 Å². The van der Waals surface area contributed by atoms with Crippen molar-refractivity contribution in [3.05, 3.63) is 0 Å². The molecule has 0 saturated heterocycles. The van der Waals surface area contributed by atoms with E-state index in [2.05, 4.69) is 4.74 Å². The maximum absolute atomic E-state index is 11.0. The highest BCUT2D eigenvalue weighted by Gasteiger charge is 2.34. The van der Waals surface area contributed by atoms with Gasteiger partial charge in [-0.1, -0.05) is 0 Å². The van der Waals surface area contributed by atoms with Crippen LogP contribution < -0.4 is 0 Å². The molecule has 0 rings (SSSR count). The van der Waals surface area contributed by atoms with Gasteiger partial charge >= 0.3 is 5.97 Å². The summed E-state index contributed by atoms with van der Waals surface area (Å²) in [5.74, 6) is -2.66. The number of rotatable bonds is 6. The van der Waals surface area contributed by atoms with Gasteiger partial charge in [-0.2, -0.15) is 0 Å². The van der Waals surface area contributed by atoms with Crippen LogP contribution in [0.25, 0.3) is 0 Å². The minimum Gasteiger partial charge on any atom is -0.460 e. The maximum Gasteiger partial charge on any atom is 0.377 e. The van der Waals surface area contributed by atoms with Crippen molar-refractivity contribution in [2.24, 2.45) is 0 Å². The van der Waals surface area contributed by atoms with Crippen LogP contribution >= 0.6 is 0 Å². The lowest BCUT2D eigenvalue weighted by Gasteiger charge is -2.19. The summed E-state index contributed by atoms with van der Waals surface area (Å²) in [7, 11) is 0. The van der Waals surface area contributed by atoms with E-state index >= 15 is 0 Å². The second-order valence-electron chi connectivity index (χ2n) is 2.77. The van der Waals surface area contributed by atoms with Crippen molar-refractivity contribution in [1.82, 2.24) is 0 Å². The molecule has 4 N–H and O–H groups in total. The Labute approximate surface area is 85.9 Å². The van der Waals surface area contributed by atoms with Crippen molar-refractivity contribution >= 4 is 11.8 Å². The van der Waals surface area contributed by atoms with Crippen LogP contribution in [-0.2, 0) is 14.3 Å². The first kappa shape index (κ1) is 14.0. The molecular weight excluding hydrogens is 208 g/mol. The average Bonchev–Trinajstić information content (AvgIpc) is 2.25. The van der Waals surface area contributed by atoms with Crippen molar-refractivity contribution < 1.29 is 34.8 Å². The molecule has 3 unspecified atom stereocenters. The molecule has 0 fully saturated rings. The Morgan fingerprint density at radius 1 is 1.27 bits per heavy atom. The molecule has 0 aromatic rings. The average molecular weight is 222 g/mol. The summed E-state index contributed by atoms with van der Waals surface area (Å²) in [6.45, 7) is 0.584. The van der Waals surface area contributed by atoms with Crippen LogP contribution in [0.2, 0.25) is 0 Å². The third kappa shape index (κ3) is 3.92. The van der Waals surface area contributed by atoms with E-state index in [1.165, 1.54) is 6.92 Å². The smallest absolute Gasteiger partial charge is 0.377 e. The van der Waals surface area contributed by atoms with E-state index in [0.29, 0.717) is 0 Å². The molecule has 0 radical (unpaired) electrons. The number of hydrogen-bond acceptors (Lipinski definition) is 7. The zero-order chi connectivity index (χ0) is 12.0. The lowest BCUT2D eigenvalue weighted by atomic mass is 10.1. The van der Waals surface area contributed by atoms with Crippen molar-refractivity contribution in [1.29, 1.82) is 0 Å². The molecule has 88 valence electrons. The van der Waals surface area contributed by atoms with E-state index in [9.17, 15) is 9.59 Å². The number of Topliss-reactive ketones (excluding diaryl/α,β-unsaturated/α-hetero) is 1. The molecule has 0 aliphatic heterocycles. The fraction of sp³-hybridized carbons (Fsp3) is 0.750. The number of esters is 1. The van der Waals surface area contributed by atoms with Gasteiger partial charge in [0.1, 0.15) is 12.2 Å². The van der Waals surface area contributed by atoms with E-state index in [1.807, 2.05) is 0 Å². The standard InChI is InChI=1S/C8H14O7/c1-2-15-8(14)7(13)6(12)5(11)4(10)3-9/h4-6,9-12H,2-3H2,1H3. The topological polar surface area (TPSA) is 124 Å². The summed E-state index contributed by atoms with van der Waals surface area (Å²) in [6, 6.07) is 0. The lowest BCUT2D eigenvalue weighted by Crippen LogP contribution is -2.46. The Bertz CT molecular complexity index is 227. The molecule has 0 spiro atoms. The van der Waals surface area contributed by atoms with Gasteiger partial charge in [-0.25, -0.2) is 4.79 Å². The molecule has 0 aliphatic rings. The summed E-state index contributed by atoms with van der Waals surface area (Å²) in [5.41, 5.74) is 0. The van der Waals surface area contributed by atoms with Crippen molar-refractivity contribution in [3.63, 3.8) is 0 Å². The van der Waals surface area contributed by atoms with Crippen LogP contribution in [0.3, 0.4) is 0 Å². The van der Waals surface area contributed by atoms with Crippen LogP contribution in [0, 0.1) is 0 Å². The van der Waals surface area contributed by atoms with Gasteiger partial charge in [-0.05, 0) is 6.92 Å². The predicted octanol–water partition coefficient (Wildman–Crippen LogP) is -2.81. The Kier molecular flexibility index (Phi) is 6.02. The second-order valence-corrected chi connectivity index (χ2v) is 2.77. The van der Waals surface area contributed by atoms with Crippen LogP contribution in [0.4, 0.5) is 0 Å². The van der Waals surface area contributed by atoms with Gasteiger partial charge in [0.05, 0.1) is 13.2 Å². The summed E-state index contributed by atoms with van der Waals surface area (Å²) >= 11 is 0. The Morgan fingerprint density at radius 3 is 2.20 bits per heavy atom. The van der Waals surface area contributed by atoms with Crippen molar-refractivity contribution in [2.75, 3.05) is 13.2 Å². The zero-order valence-electron chi connectivity index (χ0n) is 8.16. The van der Waals surface area contributed by atoms with Gasteiger partial charge in [0.2, 0.25) is 0 Å². The normalized spacial score (nSPS) is 16.6. The highest BCUT2D eigenvalue weighted by Crippen LogP contribution is 2.02. The van der Waals surface area contributed by atoms with Gasteiger partial charge < -0.3 is 25.2 Å². The van der Waals surface area contributed by atoms with Crippen LogP contribution in [0.1, 0.15) is 6.92 Å². The molecule has 3 atom stereocenters. The van der Waals surface area contributed by atoms with Gasteiger partial charge in [-0.3, -0.25) is 4.79 Å². The molecule has 0 bridgehead atoms. The fourth-order valence-corrected chi connectivity index (χ4v) is 0.796. The van der Waals surface area contributed by atoms with E-state index < -0.39 is 36.7 Å². The Hall–Kier alpha value is -1.02. The first-order chi connectivity index (χ1) is 6.95. The zero-order valence-corrected chi connectivity index (χ0v) is 8.16. The van der Waals surface area contributed by atoms with E-state index in [1.54, 1.807) is 0 Å². The van der Waals surface area contributed by atoms with Gasteiger partial charge in [0.25, 0.3) is 5.78 Å². The molecule has 0 aliphatic carbocycles. The highest BCUT2D eigenvalue weighted by atomic mass is 16.5. The van der Waals surface area contributed by atoms with Crippen LogP contribution in [0.5, 0.6) is 0 Å². The van der Waals surface area contributed by atoms with Gasteiger partial charge in [-0.15, -0.1) is 0 Å². The largest absolute Gasteiger partial charge is 0.460 e. The Balaban J connectivity index is 4.37. The first-order valence-corrected chi connectivity index (χ1v) is 4.31. The number of carbonyl (C=O) groups excluding carboxylic acids is 2. The molecule has 0 saturated carbocycles. The third-order valence-electron chi connectivity index (χ3n) is 1.65. The number of aliphatic hydroxyl groups is 4. The van der Waals surface area contributed by atoms with Crippen molar-refractivity contribution in [3.8, 4) is 0 Å². The highest BCUT2D eigenvalue weighted by molar-refractivity contribution is 6.35. The number of hydrogen-bond donors (Lipinski definition) is 4. The minimum absolute atomic E-state index is 0.0457. The molecule has 0 aromatic carbocycles. The lowest BCUT2D eigenvalue weighted by molar-refractivity contribution is -0.163. The van der Waals surface area contributed by atoms with Gasteiger partial charge in [0.15, 0.2) is 6.10 Å². The number of ether oxygens (including phenoxy) is 1. The molecule has 7 heteroatoms. The monoisotopic (exact) mass is 222 g/mol. The molecule has 0 heterocycles. The third-order valence-corrected chi connectivity index (χ3v) is 1.65. The molecule has 0 amide bonds. The summed E-state index contributed by atoms with van der Waals surface area (Å²) < 4.78 is 4.28. The fourth-order valence-electron chi connectivity index (χ4n) is 0.796. The molecule has 0 aromatic heterocycles. The second kappa shape index (κ2) is 6.46. The minimum atomic E-state index is -2.11. The quantitative estimate of drug-likeness (QED) is 0.282. The molecule has 15 heavy (non-hydrogen) atoms. The number of aliphatic hydroxyl groups excluding tert-OH is 4. The summed E-state index contributed by atoms with van der Waals surface area (Å²) in [5, 5.41) is 35.5. The summed E-state index contributed by atoms with van der Waals surface area (Å²) in [6.07, 6.45) is -5.73. The van der Waals surface area contributed by atoms with Crippen LogP contribution in [0.15, 0.2) is 0 Å².